The van der Waals surface area contributed by atoms with Gasteiger partial charge in [0.05, 0.1) is 0 Å². The van der Waals surface area contributed by atoms with Crippen molar-refractivity contribution in [3.05, 3.63) is 0 Å². The first-order valence-corrected chi connectivity index (χ1v) is 9.27. The van der Waals surface area contributed by atoms with Gasteiger partial charge in [0.15, 0.2) is 0 Å². The number of hydrogen-bond donors (Lipinski definition) is 2. The summed E-state index contributed by atoms with van der Waals surface area (Å²) in [6, 6.07) is 2.38. The lowest BCUT2D eigenvalue weighted by molar-refractivity contribution is 0.0521. The maximum atomic E-state index is 11.8. The minimum absolute atomic E-state index is 0.320. The van der Waals surface area contributed by atoms with E-state index >= 15 is 0 Å². The molecule has 0 aromatic carbocycles. The van der Waals surface area contributed by atoms with Crippen LogP contribution >= 0.6 is 0 Å². The van der Waals surface area contributed by atoms with Crippen LogP contribution in [0.2, 0.25) is 0 Å². The van der Waals surface area contributed by atoms with Crippen molar-refractivity contribution in [1.82, 2.24) is 15.5 Å². The summed E-state index contributed by atoms with van der Waals surface area (Å²) in [6.07, 6.45) is 5.82. The Kier molecular flexibility index (Phi) is 6.32. The maximum absolute atomic E-state index is 11.8. The zero-order valence-electron chi connectivity index (χ0n) is 15.5. The highest BCUT2D eigenvalue weighted by atomic mass is 16.6. The second-order valence-electron chi connectivity index (χ2n) is 8.24. The van der Waals surface area contributed by atoms with Gasteiger partial charge >= 0.3 is 6.09 Å². The summed E-state index contributed by atoms with van der Waals surface area (Å²) in [4.78, 5) is 14.5. The van der Waals surface area contributed by atoms with Gasteiger partial charge in [-0.25, -0.2) is 4.79 Å². The first-order valence-electron chi connectivity index (χ1n) is 9.27. The molecule has 1 heterocycles. The van der Waals surface area contributed by atoms with Gasteiger partial charge in [-0.15, -0.1) is 0 Å². The summed E-state index contributed by atoms with van der Waals surface area (Å²) in [5.74, 6) is 0. The number of rotatable bonds is 7. The third-order valence-corrected chi connectivity index (χ3v) is 4.64. The van der Waals surface area contributed by atoms with Gasteiger partial charge in [0.2, 0.25) is 0 Å². The molecular formula is C18H35N3O2. The van der Waals surface area contributed by atoms with Gasteiger partial charge in [-0.1, -0.05) is 13.3 Å². The molecule has 1 saturated heterocycles. The lowest BCUT2D eigenvalue weighted by Gasteiger charge is -2.25. The number of likely N-dealkylation sites (tertiary alicyclic amines) is 1. The van der Waals surface area contributed by atoms with E-state index in [0.717, 1.165) is 25.4 Å². The van der Waals surface area contributed by atoms with Crippen molar-refractivity contribution in [2.45, 2.75) is 96.5 Å². The van der Waals surface area contributed by atoms with E-state index in [9.17, 15) is 4.79 Å². The Hall–Kier alpha value is -0.810. The normalized spacial score (nSPS) is 27.0. The molecule has 1 amide bonds. The van der Waals surface area contributed by atoms with Gasteiger partial charge in [0, 0.05) is 37.3 Å². The molecule has 134 valence electrons. The molecule has 0 bridgehead atoms. The van der Waals surface area contributed by atoms with Crippen LogP contribution < -0.4 is 10.6 Å². The smallest absolute Gasteiger partial charge is 0.407 e. The Balaban J connectivity index is 1.76. The van der Waals surface area contributed by atoms with Crippen molar-refractivity contribution in [2.24, 2.45) is 0 Å². The summed E-state index contributed by atoms with van der Waals surface area (Å²) in [5.41, 5.74) is -0.441. The van der Waals surface area contributed by atoms with E-state index in [1.54, 1.807) is 0 Å². The summed E-state index contributed by atoms with van der Waals surface area (Å²) in [7, 11) is 0. The molecule has 1 saturated carbocycles. The summed E-state index contributed by atoms with van der Waals surface area (Å²) >= 11 is 0. The topological polar surface area (TPSA) is 53.6 Å². The summed E-state index contributed by atoms with van der Waals surface area (Å²) in [5, 5.41) is 6.68. The highest BCUT2D eigenvalue weighted by Crippen LogP contribution is 2.33. The lowest BCUT2D eigenvalue weighted by Crippen LogP contribution is -2.47. The number of carbonyl (C=O) groups is 1. The molecule has 1 aliphatic carbocycles. The second kappa shape index (κ2) is 7.84. The molecule has 1 aliphatic heterocycles. The number of nitrogens with zero attached hydrogens (tertiary/aromatic N) is 1. The van der Waals surface area contributed by atoms with Crippen LogP contribution in [0.3, 0.4) is 0 Å². The molecule has 2 rings (SSSR count). The molecule has 5 heteroatoms. The van der Waals surface area contributed by atoms with Gasteiger partial charge in [-0.3, -0.25) is 4.90 Å². The average Bonchev–Trinajstić information content (AvgIpc) is 3.19. The van der Waals surface area contributed by atoms with E-state index < -0.39 is 5.60 Å². The van der Waals surface area contributed by atoms with Crippen molar-refractivity contribution in [3.63, 3.8) is 0 Å². The van der Waals surface area contributed by atoms with Crippen LogP contribution in [0.5, 0.6) is 0 Å². The molecule has 0 aromatic rings. The Labute approximate surface area is 141 Å². The van der Waals surface area contributed by atoms with Crippen LogP contribution in [-0.2, 0) is 4.74 Å². The van der Waals surface area contributed by atoms with Crippen LogP contribution in [0.4, 0.5) is 4.79 Å². The lowest BCUT2D eigenvalue weighted by atomic mass is 10.1. The molecule has 3 atom stereocenters. The van der Waals surface area contributed by atoms with Crippen LogP contribution in [0.25, 0.3) is 0 Å². The fraction of sp³-hybridized carbons (Fsp3) is 0.944. The number of ether oxygens (including phenoxy) is 1. The minimum Gasteiger partial charge on any atom is -0.444 e. The third kappa shape index (κ3) is 6.30. The SMILES string of the molecule is CCCC(CNC(=O)OC(C)(C)C)NC1CC(C)N(C2CC2)C1. The molecule has 2 fully saturated rings. The van der Waals surface area contributed by atoms with Crippen molar-refractivity contribution in [2.75, 3.05) is 13.1 Å². The quantitative estimate of drug-likeness (QED) is 0.756. The maximum Gasteiger partial charge on any atom is 0.407 e. The largest absolute Gasteiger partial charge is 0.444 e. The number of nitrogens with one attached hydrogen (secondary N) is 2. The van der Waals surface area contributed by atoms with Crippen molar-refractivity contribution in [3.8, 4) is 0 Å². The van der Waals surface area contributed by atoms with E-state index in [2.05, 4.69) is 29.4 Å². The standard InChI is InChI=1S/C18H35N3O2/c1-6-7-14(11-19-17(22)23-18(3,4)5)20-15-10-13(2)21(12-15)16-8-9-16/h13-16,20H,6-12H2,1-5H3,(H,19,22). The van der Waals surface area contributed by atoms with Crippen molar-refractivity contribution >= 4 is 6.09 Å². The van der Waals surface area contributed by atoms with Gasteiger partial charge in [-0.2, -0.15) is 0 Å². The average molecular weight is 325 g/mol. The van der Waals surface area contributed by atoms with Crippen LogP contribution in [0, 0.1) is 0 Å². The Morgan fingerprint density at radius 3 is 2.61 bits per heavy atom. The summed E-state index contributed by atoms with van der Waals surface area (Å²) in [6.45, 7) is 12.0. The fourth-order valence-electron chi connectivity index (χ4n) is 3.54. The van der Waals surface area contributed by atoms with E-state index in [4.69, 9.17) is 4.74 Å². The molecule has 3 unspecified atom stereocenters. The second-order valence-corrected chi connectivity index (χ2v) is 8.24. The Bertz CT molecular complexity index is 390. The van der Waals surface area contributed by atoms with Gasteiger partial charge in [-0.05, 0) is 53.4 Å². The van der Waals surface area contributed by atoms with Crippen LogP contribution in [0.15, 0.2) is 0 Å². The molecule has 2 aliphatic rings. The van der Waals surface area contributed by atoms with Crippen molar-refractivity contribution in [1.29, 1.82) is 0 Å². The molecular weight excluding hydrogens is 290 g/mol. The zero-order chi connectivity index (χ0) is 17.0. The first-order chi connectivity index (χ1) is 10.8. The molecule has 5 nitrogen and oxygen atoms in total. The predicted molar refractivity (Wildman–Crippen MR) is 93.7 cm³/mol. The van der Waals surface area contributed by atoms with Gasteiger partial charge in [0.25, 0.3) is 0 Å². The molecule has 0 spiro atoms. The number of amides is 1. The molecule has 2 N–H and O–H groups in total. The van der Waals surface area contributed by atoms with Crippen LogP contribution in [-0.4, -0.2) is 53.9 Å². The first kappa shape index (κ1) is 18.5. The number of hydrogen-bond acceptors (Lipinski definition) is 4. The van der Waals surface area contributed by atoms with Crippen LogP contribution in [0.1, 0.15) is 66.7 Å². The Morgan fingerprint density at radius 1 is 1.35 bits per heavy atom. The minimum atomic E-state index is -0.441. The highest BCUT2D eigenvalue weighted by Gasteiger charge is 2.39. The third-order valence-electron chi connectivity index (χ3n) is 4.64. The summed E-state index contributed by atoms with van der Waals surface area (Å²) < 4.78 is 5.32. The highest BCUT2D eigenvalue weighted by molar-refractivity contribution is 5.67. The predicted octanol–water partition coefficient (Wildman–Crippen LogP) is 2.89. The van der Waals surface area contributed by atoms with Gasteiger partial charge in [0.1, 0.15) is 5.60 Å². The van der Waals surface area contributed by atoms with Crippen molar-refractivity contribution < 1.29 is 9.53 Å². The number of carbonyl (C=O) groups excluding carboxylic acids is 1. The van der Waals surface area contributed by atoms with E-state index in [1.165, 1.54) is 19.3 Å². The fourth-order valence-corrected chi connectivity index (χ4v) is 3.54. The number of alkyl carbamates (subject to hydrolysis) is 1. The monoisotopic (exact) mass is 325 g/mol. The van der Waals surface area contributed by atoms with E-state index in [0.29, 0.717) is 24.7 Å². The zero-order valence-corrected chi connectivity index (χ0v) is 15.5. The Morgan fingerprint density at radius 2 is 2.04 bits per heavy atom. The van der Waals surface area contributed by atoms with Gasteiger partial charge < -0.3 is 15.4 Å². The van der Waals surface area contributed by atoms with E-state index in [-0.39, 0.29) is 6.09 Å². The molecule has 0 radical (unpaired) electrons. The molecule has 0 aromatic heterocycles. The molecule has 23 heavy (non-hydrogen) atoms. The van der Waals surface area contributed by atoms with E-state index in [1.807, 2.05) is 20.8 Å².